The largest absolute Gasteiger partial charge is 0.504 e. The predicted octanol–water partition coefficient (Wildman–Crippen LogP) is 10.0. The molecule has 456 valence electrons. The van der Waals surface area contributed by atoms with Crippen LogP contribution in [0.2, 0.25) is 0 Å². The van der Waals surface area contributed by atoms with E-state index < -0.39 is 22.3 Å². The molecule has 0 aromatic carbocycles. The van der Waals surface area contributed by atoms with Crippen LogP contribution >= 0.6 is 22.7 Å². The number of aliphatic hydroxyl groups is 3. The summed E-state index contributed by atoms with van der Waals surface area (Å²) in [6, 6.07) is 11.7. The summed E-state index contributed by atoms with van der Waals surface area (Å²) in [7, 11) is 4.14. The molecule has 7 atom stereocenters. The number of allylic oxidation sites excluding steroid dienone is 4. The third kappa shape index (κ3) is 11.4. The lowest BCUT2D eigenvalue weighted by atomic mass is 9.59. The van der Waals surface area contributed by atoms with Crippen molar-refractivity contribution in [1.29, 1.82) is 26.8 Å². The Morgan fingerprint density at radius 3 is 1.89 bits per heavy atom. The van der Waals surface area contributed by atoms with E-state index in [4.69, 9.17) is 46.6 Å². The molecule has 13 N–H and O–H groups in total. The van der Waals surface area contributed by atoms with E-state index in [0.29, 0.717) is 113 Å². The predicted molar refractivity (Wildman–Crippen MR) is 340 cm³/mol. The minimum Gasteiger partial charge on any atom is -0.504 e. The van der Waals surface area contributed by atoms with E-state index in [2.05, 4.69) is 46.3 Å². The summed E-state index contributed by atoms with van der Waals surface area (Å²) in [4.78, 5) is 29.9. The van der Waals surface area contributed by atoms with Crippen molar-refractivity contribution in [2.75, 3.05) is 50.9 Å². The smallest absolute Gasteiger partial charge is 0.217 e. The maximum absolute atomic E-state index is 12.5. The summed E-state index contributed by atoms with van der Waals surface area (Å²) in [5.41, 5.74) is 20.9. The number of pyridine rings is 1. The van der Waals surface area contributed by atoms with Crippen molar-refractivity contribution in [3.63, 3.8) is 0 Å². The van der Waals surface area contributed by atoms with E-state index in [-0.39, 0.29) is 99.2 Å². The molecule has 5 aromatic heterocycles. The Balaban J connectivity index is 0.979. The Labute approximate surface area is 515 Å². The molecule has 5 aromatic rings. The van der Waals surface area contributed by atoms with Crippen molar-refractivity contribution < 1.29 is 24.8 Å². The molecule has 6 aliphatic rings. The SMILES string of the molecule is C[C@H](Oc1cc(C(=N)/C=C(\NCC(C)(C)O)C2CC[C@@]3(CCC/C(=C(/O)c4nc(O[C@@H](C)[C@@H]5CCCN5C)cc(-c5ccc(N)nc5)n4)C3=N)c3c2sc(N)c3C#N)nc(/C(O)=C2\CCC[C@@]3(CCCc4sc(N)c(C#N)c43)C2=N)n1)[C@@H]1CCCN1C. The Morgan fingerprint density at radius 2 is 1.33 bits per heavy atom. The second-order valence-electron chi connectivity index (χ2n) is 25.2. The van der Waals surface area contributed by atoms with Gasteiger partial charge < -0.3 is 58.1 Å². The topological polar surface area (TPSA) is 359 Å². The van der Waals surface area contributed by atoms with E-state index in [1.807, 2.05) is 13.8 Å². The maximum atomic E-state index is 12.5. The van der Waals surface area contributed by atoms with Crippen LogP contribution in [0.1, 0.15) is 173 Å². The zero-order valence-electron chi connectivity index (χ0n) is 50.3. The maximum Gasteiger partial charge on any atom is 0.217 e. The molecule has 4 fully saturated rings. The number of hydrogen-bond acceptors (Lipinski definition) is 23. The highest BCUT2D eigenvalue weighted by atomic mass is 32.1. The van der Waals surface area contributed by atoms with Gasteiger partial charge in [-0.2, -0.15) is 20.5 Å². The van der Waals surface area contributed by atoms with Crippen LogP contribution < -0.4 is 32.0 Å². The van der Waals surface area contributed by atoms with Crippen LogP contribution in [0.15, 0.2) is 53.4 Å². The first-order valence-electron chi connectivity index (χ1n) is 30.2. The van der Waals surface area contributed by atoms with Crippen molar-refractivity contribution in [2.45, 2.75) is 171 Å². The standard InChI is InChI=1S/C64H78N16O5S2/c1-33(45-14-10-24-79(45)5)84-49-27-42(35-17-18-48(68)73-31-35)75-60(77-49)53(81)38-13-8-21-64(57(38)70)23-19-36(55-52(64)40(30-66)59(72)87-55)43(74-32-62(3,4)83)26-41(67)44-28-50(85-34(2)46-15-11-25-80(46)6)78-61(76-44)54(82)37-12-7-20-63(56(37)69)22-9-16-47-51(63)39(29-65)58(71)86-47/h17-18,26-28,31,33-34,36,45-46,67,69-70,74,81-83H,7-16,19-25,32,71-72H2,1-6H3,(H2,68,73)/b43-26-,53-38-,54-37-,67-41?,69-56?,70-57?/t33-,34-,36?,45-,46-,63-,64-/m0/s1. The molecule has 11 rings (SSSR count). The first kappa shape index (κ1) is 60.9. The molecule has 23 heteroatoms. The molecule has 2 aliphatic heterocycles. The number of thiophene rings is 2. The number of fused-ring (bicyclic) bond motifs is 4. The molecule has 0 amide bonds. The number of aliphatic hydroxyl groups excluding tert-OH is 2. The van der Waals surface area contributed by atoms with Crippen LogP contribution in [0, 0.1) is 38.9 Å². The second kappa shape index (κ2) is 24.1. The average Bonchev–Trinajstić information content (AvgIpc) is 1.71. The van der Waals surface area contributed by atoms with E-state index in [0.717, 1.165) is 62.1 Å². The Morgan fingerprint density at radius 1 is 0.782 bits per heavy atom. The van der Waals surface area contributed by atoms with Crippen LogP contribution in [0.5, 0.6) is 11.8 Å². The molecule has 4 aliphatic carbocycles. The van der Waals surface area contributed by atoms with Gasteiger partial charge in [0, 0.05) is 97.3 Å². The Kier molecular flexibility index (Phi) is 16.8. The van der Waals surface area contributed by atoms with Gasteiger partial charge in [0.1, 0.15) is 40.2 Å². The fourth-order valence-electron chi connectivity index (χ4n) is 14.6. The van der Waals surface area contributed by atoms with Crippen LogP contribution in [-0.4, -0.2) is 131 Å². The zero-order chi connectivity index (χ0) is 61.9. The first-order chi connectivity index (χ1) is 41.5. The molecule has 2 spiro atoms. The molecule has 2 saturated heterocycles. The number of anilines is 3. The van der Waals surface area contributed by atoms with Gasteiger partial charge in [0.15, 0.2) is 23.2 Å². The van der Waals surface area contributed by atoms with E-state index in [1.54, 1.807) is 50.4 Å². The highest BCUT2D eigenvalue weighted by Gasteiger charge is 2.51. The van der Waals surface area contributed by atoms with Gasteiger partial charge in [-0.15, -0.1) is 22.7 Å². The fourth-order valence-corrected chi connectivity index (χ4v) is 17.0. The molecule has 2 saturated carbocycles. The minimum absolute atomic E-state index is 0.0185. The fraction of sp³-hybridized carbons (Fsp3) is 0.500. The van der Waals surface area contributed by atoms with Gasteiger partial charge in [-0.05, 0) is 181 Å². The highest BCUT2D eigenvalue weighted by molar-refractivity contribution is 7.16. The Bertz CT molecular complexity index is 3760. The summed E-state index contributed by atoms with van der Waals surface area (Å²) in [6.07, 6.45) is 12.5. The van der Waals surface area contributed by atoms with Crippen molar-refractivity contribution in [1.82, 2.24) is 40.0 Å². The number of nitrogens with zero attached hydrogens (tertiary/aromatic N) is 9. The number of nitriles is 2. The number of nitrogens with two attached hydrogens (primary N) is 3. The lowest BCUT2D eigenvalue weighted by molar-refractivity contribution is 0.0820. The van der Waals surface area contributed by atoms with Gasteiger partial charge in [0.05, 0.1) is 33.8 Å². The van der Waals surface area contributed by atoms with Crippen molar-refractivity contribution in [3.05, 3.63) is 103 Å². The number of ether oxygens (including phenoxy) is 2. The lowest BCUT2D eigenvalue weighted by Gasteiger charge is -2.45. The molecule has 0 bridgehead atoms. The van der Waals surface area contributed by atoms with Crippen LogP contribution in [0.3, 0.4) is 0 Å². The first-order valence-corrected chi connectivity index (χ1v) is 31.9. The van der Waals surface area contributed by atoms with Gasteiger partial charge in [-0.3, -0.25) is 15.2 Å². The number of nitrogen functional groups attached to an aromatic ring is 3. The summed E-state index contributed by atoms with van der Waals surface area (Å²) >= 11 is 2.66. The van der Waals surface area contributed by atoms with Gasteiger partial charge >= 0.3 is 0 Å². The molecular formula is C64H78N16O5S2. The van der Waals surface area contributed by atoms with Crippen molar-refractivity contribution in [2.24, 2.45) is 0 Å². The number of nitrogens with one attached hydrogen (secondary N) is 4. The molecular weight excluding hydrogens is 1140 g/mol. The van der Waals surface area contributed by atoms with E-state index in [9.17, 15) is 42.1 Å². The number of likely N-dealkylation sites (tertiary alicyclic amines) is 2. The summed E-state index contributed by atoms with van der Waals surface area (Å²) in [5.74, 6) is -0.497. The van der Waals surface area contributed by atoms with Crippen LogP contribution in [-0.2, 0) is 17.3 Å². The van der Waals surface area contributed by atoms with E-state index in [1.165, 1.54) is 22.7 Å². The number of likely N-dealkylation sites (N-methyl/N-ethyl adjacent to an activating group) is 2. The average molecular weight is 1220 g/mol. The van der Waals surface area contributed by atoms with Gasteiger partial charge in [-0.25, -0.2) is 15.0 Å². The number of rotatable bonds is 15. The van der Waals surface area contributed by atoms with Crippen LogP contribution in [0.25, 0.3) is 22.8 Å². The molecule has 87 heavy (non-hydrogen) atoms. The van der Waals surface area contributed by atoms with Crippen LogP contribution in [0.4, 0.5) is 15.8 Å². The number of hydrogen-bond donors (Lipinski definition) is 10. The van der Waals surface area contributed by atoms with E-state index >= 15 is 0 Å². The number of aromatic nitrogens is 5. The molecule has 7 heterocycles. The second-order valence-corrected chi connectivity index (χ2v) is 27.4. The van der Waals surface area contributed by atoms with Crippen molar-refractivity contribution >= 4 is 67.1 Å². The monoisotopic (exact) mass is 1210 g/mol. The third-order valence-electron chi connectivity index (χ3n) is 19.0. The lowest BCUT2D eigenvalue weighted by Crippen LogP contribution is -2.44. The summed E-state index contributed by atoms with van der Waals surface area (Å²) < 4.78 is 13.2. The quantitative estimate of drug-likeness (QED) is 0.0344. The van der Waals surface area contributed by atoms with Crippen molar-refractivity contribution in [3.8, 4) is 35.2 Å². The normalized spacial score (nSPS) is 25.3. The third-order valence-corrected chi connectivity index (χ3v) is 21.2. The van der Waals surface area contributed by atoms with Gasteiger partial charge in [-0.1, -0.05) is 0 Å². The number of aryl methyl sites for hydroxylation is 1. The zero-order valence-corrected chi connectivity index (χ0v) is 51.9. The Hall–Kier alpha value is -7.80. The van der Waals surface area contributed by atoms with Gasteiger partial charge in [0.25, 0.3) is 0 Å². The van der Waals surface area contributed by atoms with Gasteiger partial charge in [0.2, 0.25) is 11.8 Å². The molecule has 1 unspecified atom stereocenters. The summed E-state index contributed by atoms with van der Waals surface area (Å²) in [5, 5.41) is 91.8. The minimum atomic E-state index is -1.22. The highest BCUT2D eigenvalue weighted by Crippen LogP contribution is 2.57. The molecule has 0 radical (unpaired) electrons. The summed E-state index contributed by atoms with van der Waals surface area (Å²) in [6.45, 7) is 9.28. The molecule has 21 nitrogen and oxygen atoms in total.